The number of rotatable bonds is 2. The highest BCUT2D eigenvalue weighted by Gasteiger charge is 2.57. The van der Waals surface area contributed by atoms with Crippen LogP contribution in [0.5, 0.6) is 5.75 Å². The zero-order valence-electron chi connectivity index (χ0n) is 13.9. The summed E-state index contributed by atoms with van der Waals surface area (Å²) in [4.78, 5) is 27.6. The van der Waals surface area contributed by atoms with E-state index < -0.39 is 10.8 Å². The molecule has 128 valence electrons. The molecule has 6 heteroatoms. The predicted molar refractivity (Wildman–Crippen MR) is 97.5 cm³/mol. The maximum Gasteiger partial charge on any atom is 0.256 e. The lowest BCUT2D eigenvalue weighted by Crippen LogP contribution is -2.50. The molecule has 1 fully saturated rings. The fourth-order valence-electron chi connectivity index (χ4n) is 3.56. The highest BCUT2D eigenvalue weighted by Crippen LogP contribution is 2.56. The number of phenolic OH excluding ortho intramolecular Hbond substituents is 1. The number of thioether (sulfide) groups is 1. The highest BCUT2D eigenvalue weighted by molar-refractivity contribution is 8.01. The molecule has 2 amide bonds. The highest BCUT2D eigenvalue weighted by atomic mass is 32.2. The van der Waals surface area contributed by atoms with Gasteiger partial charge in [-0.2, -0.15) is 0 Å². The van der Waals surface area contributed by atoms with E-state index in [2.05, 4.69) is 5.32 Å². The number of carbonyl (C=O) groups excluding carboxylic acids is 2. The molecule has 2 heterocycles. The minimum Gasteiger partial charge on any atom is -0.508 e. The van der Waals surface area contributed by atoms with Crippen LogP contribution in [0.25, 0.3) is 0 Å². The summed E-state index contributed by atoms with van der Waals surface area (Å²) in [6.45, 7) is 3.99. The Kier molecular flexibility index (Phi) is 3.54. The first-order valence-corrected chi connectivity index (χ1v) is 8.96. The number of phenols is 1. The molecule has 2 aromatic carbocycles. The molecule has 2 aliphatic rings. The fourth-order valence-corrected chi connectivity index (χ4v) is 5.15. The van der Waals surface area contributed by atoms with E-state index in [1.54, 1.807) is 28.8 Å². The zero-order chi connectivity index (χ0) is 17.8. The van der Waals surface area contributed by atoms with Crippen molar-refractivity contribution in [2.24, 2.45) is 0 Å². The quantitative estimate of drug-likeness (QED) is 0.811. The molecule has 5 nitrogen and oxygen atoms in total. The second-order valence-corrected chi connectivity index (χ2v) is 8.55. The normalized spacial score (nSPS) is 23.3. The number of aromatic hydroxyl groups is 1. The van der Waals surface area contributed by atoms with Gasteiger partial charge in [0.15, 0.2) is 0 Å². The van der Waals surface area contributed by atoms with Crippen molar-refractivity contribution in [1.82, 2.24) is 4.90 Å². The van der Waals surface area contributed by atoms with Gasteiger partial charge in [-0.25, -0.2) is 0 Å². The van der Waals surface area contributed by atoms with Gasteiger partial charge in [0.2, 0.25) is 5.91 Å². The van der Waals surface area contributed by atoms with Gasteiger partial charge in [0.05, 0.1) is 0 Å². The number of amides is 2. The Balaban J connectivity index is 1.66. The molecule has 0 saturated carbocycles. The molecule has 0 radical (unpaired) electrons. The molecule has 0 aromatic heterocycles. The van der Waals surface area contributed by atoms with Gasteiger partial charge in [0, 0.05) is 16.0 Å². The molecule has 0 spiro atoms. The van der Waals surface area contributed by atoms with E-state index >= 15 is 0 Å². The van der Waals surface area contributed by atoms with Gasteiger partial charge in [-0.05, 0) is 49.7 Å². The molecule has 2 aliphatic heterocycles. The van der Waals surface area contributed by atoms with E-state index in [0.29, 0.717) is 11.3 Å². The van der Waals surface area contributed by atoms with Crippen molar-refractivity contribution in [1.29, 1.82) is 0 Å². The Hall–Kier alpha value is -2.47. The molecule has 1 saturated heterocycles. The third-order valence-corrected chi connectivity index (χ3v) is 6.21. The Morgan fingerprint density at radius 1 is 1.16 bits per heavy atom. The molecule has 4 rings (SSSR count). The first-order chi connectivity index (χ1) is 11.9. The van der Waals surface area contributed by atoms with E-state index in [-0.39, 0.29) is 22.9 Å². The molecule has 1 unspecified atom stereocenters. The number of anilines is 1. The summed E-state index contributed by atoms with van der Waals surface area (Å²) in [5.41, 5.74) is 2.25. The SMILES string of the molecule is CC1(C)SC2c3ccccc3C(=O)N2[C@@H]1C(=O)Nc1ccc(O)cc1. The van der Waals surface area contributed by atoms with Crippen LogP contribution in [0.15, 0.2) is 48.5 Å². The van der Waals surface area contributed by atoms with Crippen molar-refractivity contribution in [3.8, 4) is 5.75 Å². The van der Waals surface area contributed by atoms with Gasteiger partial charge in [-0.1, -0.05) is 18.2 Å². The summed E-state index contributed by atoms with van der Waals surface area (Å²) in [6.07, 6.45) is 0. The van der Waals surface area contributed by atoms with Crippen molar-refractivity contribution in [3.63, 3.8) is 0 Å². The monoisotopic (exact) mass is 354 g/mol. The molecule has 2 N–H and O–H groups in total. The Morgan fingerprint density at radius 2 is 1.84 bits per heavy atom. The number of hydrogen-bond acceptors (Lipinski definition) is 4. The lowest BCUT2D eigenvalue weighted by atomic mass is 10.0. The average molecular weight is 354 g/mol. The Bertz CT molecular complexity index is 863. The lowest BCUT2D eigenvalue weighted by Gasteiger charge is -2.29. The minimum absolute atomic E-state index is 0.0930. The van der Waals surface area contributed by atoms with Crippen LogP contribution in [0.2, 0.25) is 0 Å². The van der Waals surface area contributed by atoms with Crippen LogP contribution in [0.1, 0.15) is 35.1 Å². The summed E-state index contributed by atoms with van der Waals surface area (Å²) in [5.74, 6) is -0.170. The van der Waals surface area contributed by atoms with Gasteiger partial charge in [-0.3, -0.25) is 9.59 Å². The summed E-state index contributed by atoms with van der Waals surface area (Å²) in [6, 6.07) is 13.3. The summed E-state index contributed by atoms with van der Waals surface area (Å²) in [5, 5.41) is 12.1. The molecular formula is C19H18N2O3S. The molecule has 0 bridgehead atoms. The minimum atomic E-state index is -0.573. The molecular weight excluding hydrogens is 336 g/mol. The van der Waals surface area contributed by atoms with E-state index in [0.717, 1.165) is 5.56 Å². The van der Waals surface area contributed by atoms with Crippen LogP contribution in [-0.2, 0) is 4.79 Å². The van der Waals surface area contributed by atoms with E-state index in [4.69, 9.17) is 0 Å². The number of benzene rings is 2. The second kappa shape index (κ2) is 5.52. The van der Waals surface area contributed by atoms with Gasteiger partial charge in [0.1, 0.15) is 17.2 Å². The number of hydrogen-bond donors (Lipinski definition) is 2. The topological polar surface area (TPSA) is 69.6 Å². The largest absolute Gasteiger partial charge is 0.508 e. The van der Waals surface area contributed by atoms with Crippen molar-refractivity contribution in [2.45, 2.75) is 30.0 Å². The maximum atomic E-state index is 13.0. The number of carbonyl (C=O) groups is 2. The standard InChI is InChI=1S/C19H18N2O3S/c1-19(2)15(16(23)20-11-7-9-12(22)10-8-11)21-17(24)13-5-3-4-6-14(13)18(21)25-19/h3-10,15,18,22H,1-2H3,(H,20,23)/t15-,18?/m1/s1. The van der Waals surface area contributed by atoms with Crippen LogP contribution in [0, 0.1) is 0 Å². The van der Waals surface area contributed by atoms with Gasteiger partial charge < -0.3 is 15.3 Å². The Labute approximate surface area is 150 Å². The van der Waals surface area contributed by atoms with Gasteiger partial charge >= 0.3 is 0 Å². The summed E-state index contributed by atoms with van der Waals surface area (Å²) in [7, 11) is 0. The number of nitrogens with one attached hydrogen (secondary N) is 1. The average Bonchev–Trinajstić information content (AvgIpc) is 3.00. The first-order valence-electron chi connectivity index (χ1n) is 8.08. The van der Waals surface area contributed by atoms with E-state index in [1.165, 1.54) is 12.1 Å². The van der Waals surface area contributed by atoms with Crippen molar-refractivity contribution >= 4 is 29.3 Å². The van der Waals surface area contributed by atoms with Crippen LogP contribution >= 0.6 is 11.8 Å². The fraction of sp³-hybridized carbons (Fsp3) is 0.263. The van der Waals surface area contributed by atoms with E-state index in [1.807, 2.05) is 38.1 Å². The van der Waals surface area contributed by atoms with Crippen LogP contribution in [0.4, 0.5) is 5.69 Å². The number of nitrogens with zero attached hydrogens (tertiary/aromatic N) is 1. The molecule has 2 atom stereocenters. The predicted octanol–water partition coefficient (Wildman–Crippen LogP) is 3.38. The van der Waals surface area contributed by atoms with Crippen LogP contribution in [-0.4, -0.2) is 32.6 Å². The van der Waals surface area contributed by atoms with Gasteiger partial charge in [0.25, 0.3) is 5.91 Å². The zero-order valence-corrected chi connectivity index (χ0v) is 14.7. The van der Waals surface area contributed by atoms with Crippen molar-refractivity contribution in [2.75, 3.05) is 5.32 Å². The van der Waals surface area contributed by atoms with Crippen LogP contribution in [0.3, 0.4) is 0 Å². The van der Waals surface area contributed by atoms with Crippen molar-refractivity contribution < 1.29 is 14.7 Å². The summed E-state index contributed by atoms with van der Waals surface area (Å²) >= 11 is 1.64. The first kappa shape index (κ1) is 16.0. The third-order valence-electron chi connectivity index (χ3n) is 4.68. The Morgan fingerprint density at radius 3 is 2.56 bits per heavy atom. The van der Waals surface area contributed by atoms with Gasteiger partial charge in [-0.15, -0.1) is 11.8 Å². The van der Waals surface area contributed by atoms with Crippen LogP contribution < -0.4 is 5.32 Å². The third kappa shape index (κ3) is 2.48. The molecule has 0 aliphatic carbocycles. The number of fused-ring (bicyclic) bond motifs is 3. The molecule has 25 heavy (non-hydrogen) atoms. The maximum absolute atomic E-state index is 13.0. The summed E-state index contributed by atoms with van der Waals surface area (Å²) < 4.78 is -0.408. The second-order valence-electron chi connectivity index (χ2n) is 6.81. The lowest BCUT2D eigenvalue weighted by molar-refractivity contribution is -0.121. The van der Waals surface area contributed by atoms with E-state index in [9.17, 15) is 14.7 Å². The van der Waals surface area contributed by atoms with Crippen molar-refractivity contribution in [3.05, 3.63) is 59.7 Å². The smallest absolute Gasteiger partial charge is 0.256 e. The molecule has 2 aromatic rings.